The van der Waals surface area contributed by atoms with Gasteiger partial charge in [0.2, 0.25) is 0 Å². The van der Waals surface area contributed by atoms with E-state index in [1.165, 1.54) is 63.6 Å². The number of nitrogens with one attached hydrogen (secondary N) is 1. The molecule has 0 amide bonds. The van der Waals surface area contributed by atoms with E-state index in [9.17, 15) is 0 Å². The molecule has 1 atom stereocenters. The second kappa shape index (κ2) is 7.24. The van der Waals surface area contributed by atoms with E-state index in [-0.39, 0.29) is 0 Å². The summed E-state index contributed by atoms with van der Waals surface area (Å²) in [6.07, 6.45) is 9.74. The van der Waals surface area contributed by atoms with Crippen molar-refractivity contribution < 1.29 is 0 Å². The van der Waals surface area contributed by atoms with E-state index in [4.69, 9.17) is 0 Å². The van der Waals surface area contributed by atoms with Gasteiger partial charge in [0.15, 0.2) is 0 Å². The molecule has 110 valence electrons. The molecule has 0 spiro atoms. The van der Waals surface area contributed by atoms with Gasteiger partial charge in [-0.2, -0.15) is 0 Å². The molecule has 3 rings (SSSR count). The predicted octanol–water partition coefficient (Wildman–Crippen LogP) is 3.75. The van der Waals surface area contributed by atoms with Crippen molar-refractivity contribution in [3.05, 3.63) is 35.9 Å². The fraction of sp³-hybridized carbons (Fsp3) is 0.667. The van der Waals surface area contributed by atoms with Crippen LogP contribution in [-0.4, -0.2) is 30.6 Å². The van der Waals surface area contributed by atoms with Gasteiger partial charge in [-0.1, -0.05) is 49.6 Å². The monoisotopic (exact) mass is 272 g/mol. The van der Waals surface area contributed by atoms with E-state index < -0.39 is 0 Å². The molecule has 2 fully saturated rings. The van der Waals surface area contributed by atoms with Gasteiger partial charge in [0.1, 0.15) is 0 Å². The van der Waals surface area contributed by atoms with Gasteiger partial charge in [-0.15, -0.1) is 0 Å². The second-order valence-corrected chi connectivity index (χ2v) is 6.41. The number of hydrogen-bond acceptors (Lipinski definition) is 2. The Morgan fingerprint density at radius 2 is 1.60 bits per heavy atom. The first kappa shape index (κ1) is 14.1. The van der Waals surface area contributed by atoms with Crippen LogP contribution in [0.25, 0.3) is 0 Å². The molecule has 20 heavy (non-hydrogen) atoms. The zero-order valence-electron chi connectivity index (χ0n) is 12.6. The topological polar surface area (TPSA) is 15.3 Å². The first-order valence-corrected chi connectivity index (χ1v) is 8.46. The zero-order valence-corrected chi connectivity index (χ0v) is 12.6. The van der Waals surface area contributed by atoms with Gasteiger partial charge in [0.25, 0.3) is 0 Å². The molecule has 1 heterocycles. The van der Waals surface area contributed by atoms with Crippen molar-refractivity contribution in [3.8, 4) is 0 Å². The smallest absolute Gasteiger partial charge is 0.0472 e. The van der Waals surface area contributed by atoms with Crippen LogP contribution in [0.15, 0.2) is 30.3 Å². The molecule has 1 saturated carbocycles. The average molecular weight is 272 g/mol. The highest BCUT2D eigenvalue weighted by Gasteiger charge is 2.25. The summed E-state index contributed by atoms with van der Waals surface area (Å²) >= 11 is 0. The Kier molecular flexibility index (Phi) is 5.10. The van der Waals surface area contributed by atoms with Gasteiger partial charge in [-0.3, -0.25) is 4.90 Å². The first-order chi connectivity index (χ1) is 9.93. The van der Waals surface area contributed by atoms with E-state index in [0.717, 1.165) is 12.6 Å². The minimum Gasteiger partial charge on any atom is -0.312 e. The Morgan fingerprint density at radius 1 is 0.950 bits per heavy atom. The molecule has 0 bridgehead atoms. The van der Waals surface area contributed by atoms with Gasteiger partial charge >= 0.3 is 0 Å². The lowest BCUT2D eigenvalue weighted by Gasteiger charge is -2.33. The molecule has 1 aliphatic heterocycles. The van der Waals surface area contributed by atoms with Crippen molar-refractivity contribution in [3.63, 3.8) is 0 Å². The van der Waals surface area contributed by atoms with E-state index in [1.54, 1.807) is 0 Å². The number of benzene rings is 1. The molecule has 1 aromatic carbocycles. The van der Waals surface area contributed by atoms with E-state index >= 15 is 0 Å². The van der Waals surface area contributed by atoms with Crippen LogP contribution >= 0.6 is 0 Å². The highest BCUT2D eigenvalue weighted by Crippen LogP contribution is 2.25. The Morgan fingerprint density at radius 3 is 2.25 bits per heavy atom. The maximum Gasteiger partial charge on any atom is 0.0472 e. The van der Waals surface area contributed by atoms with Crippen LogP contribution in [-0.2, 0) is 0 Å². The lowest BCUT2D eigenvalue weighted by molar-refractivity contribution is 0.175. The third-order valence-corrected chi connectivity index (χ3v) is 4.69. The van der Waals surface area contributed by atoms with Crippen LogP contribution in [0.1, 0.15) is 56.6 Å². The molecule has 2 nitrogen and oxygen atoms in total. The Bertz CT molecular complexity index is 378. The molecular formula is C18H28N2. The Balaban J connectivity index is 1.68. The summed E-state index contributed by atoms with van der Waals surface area (Å²) in [7, 11) is 0. The molecule has 0 aromatic heterocycles. The fourth-order valence-electron chi connectivity index (χ4n) is 3.28. The lowest BCUT2D eigenvalue weighted by atomic mass is 10.0. The quantitative estimate of drug-likeness (QED) is 0.878. The maximum absolute atomic E-state index is 3.75. The van der Waals surface area contributed by atoms with Gasteiger partial charge < -0.3 is 5.32 Å². The second-order valence-electron chi connectivity index (χ2n) is 6.41. The van der Waals surface area contributed by atoms with E-state index in [0.29, 0.717) is 6.04 Å². The van der Waals surface area contributed by atoms with Crippen LogP contribution in [0.5, 0.6) is 0 Å². The summed E-state index contributed by atoms with van der Waals surface area (Å²) in [5, 5.41) is 3.75. The third kappa shape index (κ3) is 4.07. The SMILES string of the molecule is c1ccc(C(CNC2CC2)N2CCCCCCC2)cc1. The molecule has 1 aromatic rings. The van der Waals surface area contributed by atoms with Gasteiger partial charge in [0, 0.05) is 18.6 Å². The molecule has 1 unspecified atom stereocenters. The summed E-state index contributed by atoms with van der Waals surface area (Å²) in [5.74, 6) is 0. The van der Waals surface area contributed by atoms with Gasteiger partial charge in [-0.05, 0) is 44.3 Å². The number of rotatable bonds is 5. The van der Waals surface area contributed by atoms with Crippen molar-refractivity contribution in [2.45, 2.75) is 57.0 Å². The summed E-state index contributed by atoms with van der Waals surface area (Å²) < 4.78 is 0. The zero-order chi connectivity index (χ0) is 13.6. The van der Waals surface area contributed by atoms with Crippen LogP contribution in [0.4, 0.5) is 0 Å². The number of hydrogen-bond donors (Lipinski definition) is 1. The van der Waals surface area contributed by atoms with E-state index in [2.05, 4.69) is 40.5 Å². The minimum absolute atomic E-state index is 0.565. The largest absolute Gasteiger partial charge is 0.312 e. The lowest BCUT2D eigenvalue weighted by Crippen LogP contribution is -2.38. The Labute approximate surface area is 123 Å². The van der Waals surface area contributed by atoms with Crippen LogP contribution < -0.4 is 5.32 Å². The highest BCUT2D eigenvalue weighted by molar-refractivity contribution is 5.19. The summed E-state index contributed by atoms with van der Waals surface area (Å²) in [4.78, 5) is 2.73. The van der Waals surface area contributed by atoms with Crippen molar-refractivity contribution in [2.75, 3.05) is 19.6 Å². The minimum atomic E-state index is 0.565. The normalized spacial score (nSPS) is 23.0. The number of likely N-dealkylation sites (tertiary alicyclic amines) is 1. The van der Waals surface area contributed by atoms with Gasteiger partial charge in [0.05, 0.1) is 0 Å². The standard InChI is InChI=1S/C18H28N2/c1-2-7-13-20(14-8-3-1)18(15-19-17-11-12-17)16-9-5-4-6-10-16/h4-6,9-10,17-19H,1-3,7-8,11-15H2. The molecule has 1 saturated heterocycles. The average Bonchev–Trinajstić information content (AvgIpc) is 3.26. The Hall–Kier alpha value is -0.860. The van der Waals surface area contributed by atoms with Crippen molar-refractivity contribution >= 4 is 0 Å². The van der Waals surface area contributed by atoms with Crippen LogP contribution in [0.3, 0.4) is 0 Å². The number of nitrogens with zero attached hydrogens (tertiary/aromatic N) is 1. The molecule has 1 N–H and O–H groups in total. The summed E-state index contributed by atoms with van der Waals surface area (Å²) in [6.45, 7) is 3.66. The molecule has 2 heteroatoms. The van der Waals surface area contributed by atoms with Crippen LogP contribution in [0, 0.1) is 0 Å². The molecule has 0 radical (unpaired) electrons. The third-order valence-electron chi connectivity index (χ3n) is 4.69. The van der Waals surface area contributed by atoms with Crippen molar-refractivity contribution in [2.24, 2.45) is 0 Å². The van der Waals surface area contributed by atoms with Gasteiger partial charge in [-0.25, -0.2) is 0 Å². The summed E-state index contributed by atoms with van der Waals surface area (Å²) in [5.41, 5.74) is 1.49. The first-order valence-electron chi connectivity index (χ1n) is 8.46. The molecule has 1 aliphatic carbocycles. The van der Waals surface area contributed by atoms with Crippen molar-refractivity contribution in [1.82, 2.24) is 10.2 Å². The predicted molar refractivity (Wildman–Crippen MR) is 84.9 cm³/mol. The fourth-order valence-corrected chi connectivity index (χ4v) is 3.28. The maximum atomic E-state index is 3.75. The van der Waals surface area contributed by atoms with Crippen LogP contribution in [0.2, 0.25) is 0 Å². The molecule has 2 aliphatic rings. The van der Waals surface area contributed by atoms with Crippen molar-refractivity contribution in [1.29, 1.82) is 0 Å². The molecular weight excluding hydrogens is 244 g/mol. The summed E-state index contributed by atoms with van der Waals surface area (Å²) in [6, 6.07) is 12.5. The van der Waals surface area contributed by atoms with E-state index in [1.807, 2.05) is 0 Å². The highest BCUT2D eigenvalue weighted by atomic mass is 15.2.